The Labute approximate surface area is 170 Å². The van der Waals surface area contributed by atoms with Gasteiger partial charge in [0.25, 0.3) is 5.91 Å². The predicted molar refractivity (Wildman–Crippen MR) is 103 cm³/mol. The molecule has 4 rings (SSSR count). The highest BCUT2D eigenvalue weighted by molar-refractivity contribution is 6.32. The molecule has 1 aromatic heterocycles. The SMILES string of the molecule is C[C@]1(c2ccc3c(c2)OCCO3)NC(=O)N(CC(=O)Nc2cccnc2Cl)C1=O. The molecule has 10 heteroatoms. The Morgan fingerprint density at radius 1 is 1.28 bits per heavy atom. The predicted octanol–water partition coefficient (Wildman–Crippen LogP) is 1.91. The van der Waals surface area contributed by atoms with Gasteiger partial charge in [0, 0.05) is 6.20 Å². The first-order valence-corrected chi connectivity index (χ1v) is 9.21. The molecule has 1 fully saturated rings. The Bertz CT molecular complexity index is 1010. The molecule has 0 unspecified atom stereocenters. The van der Waals surface area contributed by atoms with Gasteiger partial charge in [0.15, 0.2) is 16.7 Å². The molecule has 1 aromatic carbocycles. The topological polar surface area (TPSA) is 110 Å². The first kappa shape index (κ1) is 19.0. The Morgan fingerprint density at radius 3 is 2.79 bits per heavy atom. The number of anilines is 1. The van der Waals surface area contributed by atoms with Crippen molar-refractivity contribution < 1.29 is 23.9 Å². The van der Waals surface area contributed by atoms with E-state index < -0.39 is 29.9 Å². The van der Waals surface area contributed by atoms with Crippen LogP contribution in [0.3, 0.4) is 0 Å². The third-order valence-electron chi connectivity index (χ3n) is 4.73. The normalized spacial score (nSPS) is 20.4. The molecule has 3 heterocycles. The maximum Gasteiger partial charge on any atom is 0.325 e. The highest BCUT2D eigenvalue weighted by Crippen LogP contribution is 2.36. The average molecular weight is 417 g/mol. The molecule has 2 aliphatic rings. The van der Waals surface area contributed by atoms with E-state index in [4.69, 9.17) is 21.1 Å². The monoisotopic (exact) mass is 416 g/mol. The number of amides is 4. The second-order valence-corrected chi connectivity index (χ2v) is 7.05. The van der Waals surface area contributed by atoms with Gasteiger partial charge in [0.2, 0.25) is 5.91 Å². The second kappa shape index (κ2) is 7.25. The lowest BCUT2D eigenvalue weighted by Crippen LogP contribution is -2.42. The van der Waals surface area contributed by atoms with E-state index in [1.165, 1.54) is 6.20 Å². The fraction of sp³-hybridized carbons (Fsp3) is 0.263. The van der Waals surface area contributed by atoms with Crippen molar-refractivity contribution in [2.75, 3.05) is 25.1 Å². The van der Waals surface area contributed by atoms with Gasteiger partial charge in [-0.3, -0.25) is 14.5 Å². The number of nitrogens with one attached hydrogen (secondary N) is 2. The molecule has 2 aromatic rings. The number of imide groups is 1. The highest BCUT2D eigenvalue weighted by Gasteiger charge is 2.49. The summed E-state index contributed by atoms with van der Waals surface area (Å²) in [4.78, 5) is 42.5. The summed E-state index contributed by atoms with van der Waals surface area (Å²) < 4.78 is 11.0. The maximum absolute atomic E-state index is 13.0. The molecule has 1 saturated heterocycles. The summed E-state index contributed by atoms with van der Waals surface area (Å²) in [5.74, 6) is -0.0502. The van der Waals surface area contributed by atoms with E-state index in [1.807, 2.05) is 0 Å². The number of aromatic nitrogens is 1. The lowest BCUT2D eigenvalue weighted by molar-refractivity contribution is -0.133. The van der Waals surface area contributed by atoms with Crippen LogP contribution >= 0.6 is 11.6 Å². The molecule has 0 spiro atoms. The van der Waals surface area contributed by atoms with Crippen molar-refractivity contribution in [2.45, 2.75) is 12.5 Å². The summed E-state index contributed by atoms with van der Waals surface area (Å²) >= 11 is 5.92. The van der Waals surface area contributed by atoms with E-state index in [-0.39, 0.29) is 5.15 Å². The van der Waals surface area contributed by atoms with Crippen LogP contribution in [-0.4, -0.2) is 47.5 Å². The van der Waals surface area contributed by atoms with Gasteiger partial charge < -0.3 is 20.1 Å². The molecule has 0 saturated carbocycles. The Kier molecular flexibility index (Phi) is 4.75. The molecule has 0 bridgehead atoms. The van der Waals surface area contributed by atoms with Gasteiger partial charge in [-0.2, -0.15) is 0 Å². The minimum Gasteiger partial charge on any atom is -0.486 e. The van der Waals surface area contributed by atoms with E-state index in [0.29, 0.717) is 36.0 Å². The van der Waals surface area contributed by atoms with Crippen LogP contribution in [0.2, 0.25) is 5.15 Å². The summed E-state index contributed by atoms with van der Waals surface area (Å²) in [5.41, 5.74) is -0.516. The first-order chi connectivity index (χ1) is 13.9. The second-order valence-electron chi connectivity index (χ2n) is 6.69. The minimum absolute atomic E-state index is 0.110. The summed E-state index contributed by atoms with van der Waals surface area (Å²) in [6.07, 6.45) is 1.48. The van der Waals surface area contributed by atoms with E-state index in [0.717, 1.165) is 4.90 Å². The molecule has 29 heavy (non-hydrogen) atoms. The van der Waals surface area contributed by atoms with Gasteiger partial charge in [-0.05, 0) is 36.8 Å². The third kappa shape index (κ3) is 3.44. The summed E-state index contributed by atoms with van der Waals surface area (Å²) in [7, 11) is 0. The Balaban J connectivity index is 1.52. The number of ether oxygens (including phenoxy) is 2. The number of nitrogens with zero attached hydrogens (tertiary/aromatic N) is 2. The van der Waals surface area contributed by atoms with Crippen molar-refractivity contribution in [3.63, 3.8) is 0 Å². The molecular weight excluding hydrogens is 400 g/mol. The van der Waals surface area contributed by atoms with Crippen LogP contribution in [0.5, 0.6) is 11.5 Å². The first-order valence-electron chi connectivity index (χ1n) is 8.83. The number of halogens is 1. The van der Waals surface area contributed by atoms with Crippen LogP contribution in [0.15, 0.2) is 36.5 Å². The quantitative estimate of drug-likeness (QED) is 0.582. The van der Waals surface area contributed by atoms with Crippen LogP contribution < -0.4 is 20.1 Å². The van der Waals surface area contributed by atoms with Crippen molar-refractivity contribution in [2.24, 2.45) is 0 Å². The standard InChI is InChI=1S/C19H17ClN4O5/c1-19(11-4-5-13-14(9-11)29-8-7-28-13)17(26)24(18(27)23-19)10-15(25)22-12-3-2-6-21-16(12)20/h2-6,9H,7-8,10H2,1H3,(H,22,25)(H,23,27)/t19-/m1/s1. The fourth-order valence-electron chi connectivity index (χ4n) is 3.20. The van der Waals surface area contributed by atoms with Gasteiger partial charge in [-0.25, -0.2) is 9.78 Å². The van der Waals surface area contributed by atoms with Gasteiger partial charge in [-0.1, -0.05) is 17.7 Å². The van der Waals surface area contributed by atoms with Crippen LogP contribution in [0, 0.1) is 0 Å². The summed E-state index contributed by atoms with van der Waals surface area (Å²) in [6.45, 7) is 1.96. The molecule has 0 radical (unpaired) electrons. The van der Waals surface area contributed by atoms with Crippen molar-refractivity contribution >= 4 is 35.1 Å². The van der Waals surface area contributed by atoms with Crippen molar-refractivity contribution in [1.82, 2.24) is 15.2 Å². The van der Waals surface area contributed by atoms with E-state index in [1.54, 1.807) is 37.3 Å². The Hall–Kier alpha value is -3.33. The number of fused-ring (bicyclic) bond motifs is 1. The number of pyridine rings is 1. The zero-order chi connectivity index (χ0) is 20.6. The highest BCUT2D eigenvalue weighted by atomic mass is 35.5. The molecule has 1 atom stereocenters. The number of hydrogen-bond donors (Lipinski definition) is 2. The number of carbonyl (C=O) groups excluding carboxylic acids is 3. The third-order valence-corrected chi connectivity index (χ3v) is 5.03. The number of hydrogen-bond acceptors (Lipinski definition) is 6. The van der Waals surface area contributed by atoms with Gasteiger partial charge >= 0.3 is 6.03 Å². The minimum atomic E-state index is -1.33. The molecule has 150 valence electrons. The van der Waals surface area contributed by atoms with E-state index in [9.17, 15) is 14.4 Å². The number of carbonyl (C=O) groups is 3. The van der Waals surface area contributed by atoms with Gasteiger partial charge in [-0.15, -0.1) is 0 Å². The van der Waals surface area contributed by atoms with Crippen LogP contribution in [0.4, 0.5) is 10.5 Å². The van der Waals surface area contributed by atoms with Crippen molar-refractivity contribution in [1.29, 1.82) is 0 Å². The molecular formula is C19H17ClN4O5. The summed E-state index contributed by atoms with van der Waals surface area (Å²) in [6, 6.07) is 7.54. The Morgan fingerprint density at radius 2 is 2.03 bits per heavy atom. The van der Waals surface area contributed by atoms with Gasteiger partial charge in [0.1, 0.15) is 25.3 Å². The number of benzene rings is 1. The zero-order valence-corrected chi connectivity index (χ0v) is 16.2. The smallest absolute Gasteiger partial charge is 0.325 e. The lowest BCUT2D eigenvalue weighted by atomic mass is 9.91. The van der Waals surface area contributed by atoms with E-state index in [2.05, 4.69) is 15.6 Å². The fourth-order valence-corrected chi connectivity index (χ4v) is 3.37. The number of rotatable bonds is 4. The molecule has 4 amide bonds. The van der Waals surface area contributed by atoms with Crippen molar-refractivity contribution in [3.8, 4) is 11.5 Å². The molecule has 2 N–H and O–H groups in total. The number of urea groups is 1. The van der Waals surface area contributed by atoms with Crippen LogP contribution in [0.1, 0.15) is 12.5 Å². The molecule has 9 nitrogen and oxygen atoms in total. The van der Waals surface area contributed by atoms with Crippen LogP contribution in [0.25, 0.3) is 0 Å². The molecule has 2 aliphatic heterocycles. The maximum atomic E-state index is 13.0. The van der Waals surface area contributed by atoms with Gasteiger partial charge in [0.05, 0.1) is 5.69 Å². The molecule has 0 aliphatic carbocycles. The largest absolute Gasteiger partial charge is 0.486 e. The van der Waals surface area contributed by atoms with Crippen LogP contribution in [-0.2, 0) is 15.1 Å². The van der Waals surface area contributed by atoms with E-state index >= 15 is 0 Å². The average Bonchev–Trinajstić information content (AvgIpc) is 2.93. The zero-order valence-electron chi connectivity index (χ0n) is 15.4. The summed E-state index contributed by atoms with van der Waals surface area (Å²) in [5, 5.41) is 5.31. The van der Waals surface area contributed by atoms with Crippen molar-refractivity contribution in [3.05, 3.63) is 47.2 Å². The lowest BCUT2D eigenvalue weighted by Gasteiger charge is -2.25.